The molecule has 0 spiro atoms. The number of hydrogen-bond donors (Lipinski definition) is 1. The number of phenolic OH excluding ortho intramolecular Hbond substituents is 1. The van der Waals surface area contributed by atoms with Crippen molar-refractivity contribution in [1.82, 2.24) is 4.48 Å². The van der Waals surface area contributed by atoms with Crippen LogP contribution in [-0.2, 0) is 10.1 Å². The molecular weight excluding hydrogens is 446 g/mol. The van der Waals surface area contributed by atoms with Crippen LogP contribution in [0.4, 0.5) is 5.69 Å². The Morgan fingerprint density at radius 2 is 1.18 bits per heavy atom. The van der Waals surface area contributed by atoms with E-state index in [0.29, 0.717) is 5.39 Å². The monoisotopic (exact) mass is 485 g/mol. The van der Waals surface area contributed by atoms with Crippen molar-refractivity contribution in [1.29, 1.82) is 0 Å². The third kappa shape index (κ3) is 7.55. The maximum absolute atomic E-state index is 10.9. The van der Waals surface area contributed by atoms with Gasteiger partial charge in [0.15, 0.2) is 0 Å². The van der Waals surface area contributed by atoms with Crippen LogP contribution in [0.5, 0.6) is 5.75 Å². The first-order valence-electron chi connectivity index (χ1n) is 12.4. The summed E-state index contributed by atoms with van der Waals surface area (Å²) in [6.07, 6.45) is 7.90. The fourth-order valence-corrected chi connectivity index (χ4v) is 5.00. The van der Waals surface area contributed by atoms with E-state index in [2.05, 4.69) is 51.1 Å². The molecule has 3 rings (SSSR count). The Bertz CT molecular complexity index is 1090. The lowest BCUT2D eigenvalue weighted by molar-refractivity contribution is 0.259. The number of fused-ring (bicyclic) bond motifs is 1. The molecule has 0 unspecified atom stereocenters. The van der Waals surface area contributed by atoms with Crippen LogP contribution in [0.1, 0.15) is 59.3 Å². The Kier molecular flexibility index (Phi) is 11.0. The van der Waals surface area contributed by atoms with Crippen LogP contribution in [0.2, 0.25) is 0 Å². The van der Waals surface area contributed by atoms with Gasteiger partial charge in [-0.3, -0.25) is 4.48 Å². The molecule has 5 nitrogen and oxygen atoms in total. The summed E-state index contributed by atoms with van der Waals surface area (Å²) in [5, 5.41) is 10.1. The van der Waals surface area contributed by atoms with Gasteiger partial charge < -0.3 is 9.66 Å². The fourth-order valence-electron chi connectivity index (χ4n) is 4.32. The van der Waals surface area contributed by atoms with Crippen molar-refractivity contribution in [2.75, 3.05) is 19.6 Å². The number of para-hydroxylation sites is 1. The quantitative estimate of drug-likeness (QED) is 0.238. The number of rotatable bonds is 11. The molecule has 1 N–H and O–H groups in total. The number of phenols is 1. The van der Waals surface area contributed by atoms with Gasteiger partial charge >= 0.3 is 0 Å². The van der Waals surface area contributed by atoms with Crippen LogP contribution < -0.4 is 4.48 Å². The Morgan fingerprint density at radius 3 is 1.65 bits per heavy atom. The average Bonchev–Trinajstić information content (AvgIpc) is 2.84. The Morgan fingerprint density at radius 1 is 0.706 bits per heavy atom. The molecule has 0 atom stereocenters. The molecule has 34 heavy (non-hydrogen) atoms. The second-order valence-corrected chi connectivity index (χ2v) is 10.1. The van der Waals surface area contributed by atoms with E-state index < -0.39 is 10.1 Å². The van der Waals surface area contributed by atoms with Crippen LogP contribution in [-0.4, -0.2) is 37.7 Å². The molecule has 0 heterocycles. The molecule has 0 bridgehead atoms. The lowest BCUT2D eigenvalue weighted by atomic mass is 10.1. The first-order valence-corrected chi connectivity index (χ1v) is 13.8. The van der Waals surface area contributed by atoms with E-state index in [-0.39, 0.29) is 16.0 Å². The minimum absolute atomic E-state index is 0.0435. The SMILES string of the molecule is CCCC[N+](CCCC)(CCCC)c1ccccc1.O=S(=O)([O-])c1ccc(O)c2ccccc12. The third-order valence-corrected chi connectivity index (χ3v) is 7.15. The van der Waals surface area contributed by atoms with Gasteiger partial charge in [0.2, 0.25) is 0 Å². The van der Waals surface area contributed by atoms with E-state index in [1.807, 2.05) is 0 Å². The average molecular weight is 486 g/mol. The second kappa shape index (κ2) is 13.5. The number of quaternary nitrogens is 1. The summed E-state index contributed by atoms with van der Waals surface area (Å²) in [5.74, 6) is -0.0435. The van der Waals surface area contributed by atoms with Gasteiger partial charge in [0.25, 0.3) is 0 Å². The van der Waals surface area contributed by atoms with Crippen LogP contribution in [0.15, 0.2) is 71.6 Å². The van der Waals surface area contributed by atoms with Crippen molar-refractivity contribution < 1.29 is 18.1 Å². The van der Waals surface area contributed by atoms with Crippen LogP contribution in [0.25, 0.3) is 10.8 Å². The Hall–Kier alpha value is -2.41. The first kappa shape index (κ1) is 27.8. The zero-order valence-corrected chi connectivity index (χ0v) is 21.6. The standard InChI is InChI=1S/C18H32N.C10H8O4S/c1-4-7-15-19(16-8-5-2,17-9-6-3)18-13-11-10-12-14-18;11-9-5-6-10(15(12,13)14)8-4-2-1-3-7(8)9/h10-14H,4-9,15-17H2,1-3H3;1-6,11H,(H,12,13,14)/q+1;/p-1. The molecule has 3 aromatic carbocycles. The van der Waals surface area contributed by atoms with Crippen LogP contribution in [0, 0.1) is 0 Å². The Balaban J connectivity index is 0.000000246. The van der Waals surface area contributed by atoms with E-state index >= 15 is 0 Å². The molecule has 0 amide bonds. The predicted octanol–water partition coefficient (Wildman–Crippen LogP) is 6.84. The summed E-state index contributed by atoms with van der Waals surface area (Å²) in [5.41, 5.74) is 1.53. The molecule has 0 aromatic heterocycles. The van der Waals surface area contributed by atoms with E-state index in [4.69, 9.17) is 0 Å². The minimum Gasteiger partial charge on any atom is -0.744 e. The lowest BCUT2D eigenvalue weighted by Gasteiger charge is -2.38. The topological polar surface area (TPSA) is 77.4 Å². The molecule has 6 heteroatoms. The third-order valence-electron chi connectivity index (χ3n) is 6.25. The van der Waals surface area contributed by atoms with Crippen molar-refractivity contribution in [2.24, 2.45) is 0 Å². The van der Waals surface area contributed by atoms with Crippen molar-refractivity contribution >= 4 is 26.6 Å². The predicted molar refractivity (Wildman–Crippen MR) is 141 cm³/mol. The summed E-state index contributed by atoms with van der Waals surface area (Å²) in [6.45, 7) is 10.8. The van der Waals surface area contributed by atoms with Crippen molar-refractivity contribution in [3.05, 3.63) is 66.7 Å². The van der Waals surface area contributed by atoms with E-state index in [0.717, 1.165) is 6.07 Å². The summed E-state index contributed by atoms with van der Waals surface area (Å²) in [4.78, 5) is -0.309. The largest absolute Gasteiger partial charge is 0.744 e. The fraction of sp³-hybridized carbons (Fsp3) is 0.429. The molecular formula is C28H39NO4S. The highest BCUT2D eigenvalue weighted by Crippen LogP contribution is 2.29. The molecule has 0 fully saturated rings. The number of benzene rings is 3. The summed E-state index contributed by atoms with van der Waals surface area (Å²) < 4.78 is 34.0. The Labute approximate surface area is 205 Å². The van der Waals surface area contributed by atoms with Crippen LogP contribution in [0.3, 0.4) is 0 Å². The highest BCUT2D eigenvalue weighted by molar-refractivity contribution is 7.86. The first-order chi connectivity index (χ1) is 16.3. The van der Waals surface area contributed by atoms with E-state index in [1.165, 1.54) is 80.5 Å². The summed E-state index contributed by atoms with van der Waals surface area (Å²) in [6, 6.07) is 19.8. The highest BCUT2D eigenvalue weighted by Gasteiger charge is 2.28. The lowest BCUT2D eigenvalue weighted by Crippen LogP contribution is -2.51. The molecule has 3 aromatic rings. The van der Waals surface area contributed by atoms with Crippen molar-refractivity contribution in [3.8, 4) is 5.75 Å². The highest BCUT2D eigenvalue weighted by atomic mass is 32.2. The minimum atomic E-state index is -4.51. The maximum atomic E-state index is 10.9. The van der Waals surface area contributed by atoms with E-state index in [1.54, 1.807) is 18.2 Å². The zero-order valence-electron chi connectivity index (χ0n) is 20.7. The normalized spacial score (nSPS) is 11.8. The number of nitrogens with zero attached hydrogens (tertiary/aromatic N) is 1. The molecule has 0 radical (unpaired) electrons. The van der Waals surface area contributed by atoms with Crippen LogP contribution >= 0.6 is 0 Å². The molecule has 0 aliphatic rings. The van der Waals surface area contributed by atoms with Gasteiger partial charge in [-0.15, -0.1) is 0 Å². The molecule has 0 saturated heterocycles. The number of hydrogen-bond acceptors (Lipinski definition) is 4. The molecule has 0 aliphatic heterocycles. The van der Waals surface area contributed by atoms with Crippen molar-refractivity contribution in [2.45, 2.75) is 64.2 Å². The molecule has 0 saturated carbocycles. The summed E-state index contributed by atoms with van der Waals surface area (Å²) >= 11 is 0. The van der Waals surface area contributed by atoms with Crippen molar-refractivity contribution in [3.63, 3.8) is 0 Å². The van der Waals surface area contributed by atoms with Gasteiger partial charge in [0, 0.05) is 10.8 Å². The van der Waals surface area contributed by atoms with Gasteiger partial charge in [0.1, 0.15) is 21.6 Å². The van der Waals surface area contributed by atoms with Gasteiger partial charge in [0.05, 0.1) is 24.5 Å². The smallest absolute Gasteiger partial charge is 0.132 e. The zero-order chi connectivity index (χ0) is 25.0. The van der Waals surface area contributed by atoms with Gasteiger partial charge in [-0.2, -0.15) is 0 Å². The van der Waals surface area contributed by atoms with Gasteiger partial charge in [-0.05, 0) is 43.5 Å². The summed E-state index contributed by atoms with van der Waals surface area (Å²) in [7, 11) is -4.51. The number of aromatic hydroxyl groups is 1. The second-order valence-electron chi connectivity index (χ2n) is 8.79. The number of unbranched alkanes of at least 4 members (excludes halogenated alkanes) is 3. The van der Waals surface area contributed by atoms with Gasteiger partial charge in [-0.1, -0.05) is 82.5 Å². The maximum Gasteiger partial charge on any atom is 0.132 e. The van der Waals surface area contributed by atoms with E-state index in [9.17, 15) is 18.1 Å². The molecule has 186 valence electrons. The molecule has 0 aliphatic carbocycles. The van der Waals surface area contributed by atoms with Gasteiger partial charge in [-0.25, -0.2) is 8.42 Å².